The van der Waals surface area contributed by atoms with Gasteiger partial charge < -0.3 is 12.4 Å². The minimum Gasteiger partial charge on any atom is -1.00 e. The molecule has 0 fully saturated rings. The minimum absolute atomic E-state index is 0. The zero-order chi connectivity index (χ0) is 8.39. The molecule has 0 amide bonds. The first kappa shape index (κ1) is 10.9. The number of hydrogen-bond acceptors (Lipinski definition) is 2. The van der Waals surface area contributed by atoms with Crippen LogP contribution in [0.25, 0.3) is 10.2 Å². The SMILES string of the molecule is CCOc1ccc2n[se][s+]c2c1.[Cl-]. The van der Waals surface area contributed by atoms with Crippen molar-refractivity contribution in [1.82, 2.24) is 3.98 Å². The first-order chi connectivity index (χ1) is 5.90. The fourth-order valence-corrected chi connectivity index (χ4v) is 4.10. The van der Waals surface area contributed by atoms with E-state index in [1.54, 1.807) is 0 Å². The largest absolute Gasteiger partial charge is 1.00 e. The second-order valence-corrected chi connectivity index (χ2v) is 5.44. The zero-order valence-electron chi connectivity index (χ0n) is 6.99. The van der Waals surface area contributed by atoms with E-state index in [1.165, 1.54) is 4.70 Å². The Balaban J connectivity index is 0.000000845. The maximum atomic E-state index is 5.38. The van der Waals surface area contributed by atoms with Crippen LogP contribution >= 0.6 is 9.72 Å². The van der Waals surface area contributed by atoms with Crippen LogP contribution in [0.2, 0.25) is 0 Å². The quantitative estimate of drug-likeness (QED) is 0.522. The third-order valence-electron chi connectivity index (χ3n) is 1.50. The third-order valence-corrected chi connectivity index (χ3v) is 4.64. The summed E-state index contributed by atoms with van der Waals surface area (Å²) in [5.74, 6) is 0.955. The van der Waals surface area contributed by atoms with Crippen molar-refractivity contribution < 1.29 is 17.1 Å². The molecule has 2 aromatic rings. The summed E-state index contributed by atoms with van der Waals surface area (Å²) in [5.41, 5.74) is 1.13. The molecule has 0 aliphatic carbocycles. The van der Waals surface area contributed by atoms with Crippen molar-refractivity contribution in [2.45, 2.75) is 6.92 Å². The van der Waals surface area contributed by atoms with Crippen LogP contribution in [0, 0.1) is 0 Å². The van der Waals surface area contributed by atoms with E-state index in [0.717, 1.165) is 17.9 Å². The van der Waals surface area contributed by atoms with Crippen molar-refractivity contribution in [1.29, 1.82) is 0 Å². The van der Waals surface area contributed by atoms with Crippen LogP contribution in [0.15, 0.2) is 18.2 Å². The van der Waals surface area contributed by atoms with Gasteiger partial charge in [-0.15, -0.1) is 0 Å². The van der Waals surface area contributed by atoms with E-state index in [2.05, 4.69) is 10.0 Å². The van der Waals surface area contributed by atoms with Gasteiger partial charge in [-0.3, -0.25) is 0 Å². The molecule has 2 nitrogen and oxygen atoms in total. The van der Waals surface area contributed by atoms with Gasteiger partial charge in [0.15, 0.2) is 0 Å². The van der Waals surface area contributed by atoms with Gasteiger partial charge in [0, 0.05) is 0 Å². The molecular formula is C8H8ClNOSSe. The monoisotopic (exact) mass is 281 g/mol. The van der Waals surface area contributed by atoms with E-state index in [9.17, 15) is 0 Å². The van der Waals surface area contributed by atoms with E-state index >= 15 is 0 Å². The normalized spacial score (nSPS) is 9.62. The first-order valence-electron chi connectivity index (χ1n) is 3.71. The summed E-state index contributed by atoms with van der Waals surface area (Å²) in [5, 5.41) is 0. The zero-order valence-corrected chi connectivity index (χ0v) is 10.3. The molecule has 0 aliphatic rings. The number of nitrogens with zero attached hydrogens (tertiary/aromatic N) is 1. The molecular weight excluding hydrogens is 273 g/mol. The molecule has 0 radical (unpaired) electrons. The Morgan fingerprint density at radius 2 is 2.38 bits per heavy atom. The number of hydrogen-bond donors (Lipinski definition) is 0. The summed E-state index contributed by atoms with van der Waals surface area (Å²) >= 11 is 0.354. The standard InChI is InChI=1S/C8H8NOSSe.ClH/c1-2-10-6-3-4-7-8(5-6)11-12-9-7;/h3-5H,2H2,1H3;1H/q+1;/p-1. The molecule has 70 valence electrons. The van der Waals surface area contributed by atoms with Crippen molar-refractivity contribution >= 4 is 33.5 Å². The molecule has 0 atom stereocenters. The Morgan fingerprint density at radius 3 is 3.15 bits per heavy atom. The molecule has 0 N–H and O–H groups in total. The molecule has 0 bridgehead atoms. The molecule has 0 unspecified atom stereocenters. The van der Waals surface area contributed by atoms with Gasteiger partial charge in [-0.2, -0.15) is 0 Å². The van der Waals surface area contributed by atoms with Crippen LogP contribution in [-0.4, -0.2) is 24.2 Å². The van der Waals surface area contributed by atoms with E-state index in [1.807, 2.05) is 28.8 Å². The van der Waals surface area contributed by atoms with Gasteiger partial charge in [0.2, 0.25) is 0 Å². The van der Waals surface area contributed by atoms with Crippen LogP contribution in [-0.2, 0) is 0 Å². The Hall–Kier alpha value is -0.151. The summed E-state index contributed by atoms with van der Waals surface area (Å²) in [6.45, 7) is 2.72. The van der Waals surface area contributed by atoms with Crippen LogP contribution in [0.1, 0.15) is 6.92 Å². The first-order valence-corrected chi connectivity index (χ1v) is 7.32. The Kier molecular flexibility index (Phi) is 4.13. The van der Waals surface area contributed by atoms with Crippen molar-refractivity contribution in [2.75, 3.05) is 6.61 Å². The third kappa shape index (κ3) is 2.41. The Morgan fingerprint density at radius 1 is 1.54 bits per heavy atom. The molecule has 1 heterocycles. The average Bonchev–Trinajstić information content (AvgIpc) is 2.51. The van der Waals surface area contributed by atoms with Crippen LogP contribution < -0.4 is 17.1 Å². The fraction of sp³-hybridized carbons (Fsp3) is 0.250. The van der Waals surface area contributed by atoms with E-state index in [0.29, 0.717) is 13.6 Å². The maximum Gasteiger partial charge on any atom is -1.00 e. The van der Waals surface area contributed by atoms with Crippen molar-refractivity contribution in [3.8, 4) is 5.75 Å². The second kappa shape index (κ2) is 4.91. The Bertz CT molecular complexity index is 392. The maximum absolute atomic E-state index is 5.38. The smallest absolute Gasteiger partial charge is 1.00 e. The topological polar surface area (TPSA) is 22.1 Å². The molecule has 0 saturated heterocycles. The summed E-state index contributed by atoms with van der Waals surface area (Å²) < 4.78 is 11.0. The molecule has 0 aliphatic heterocycles. The molecule has 1 aromatic heterocycles. The number of rotatable bonds is 2. The fourth-order valence-electron chi connectivity index (χ4n) is 0.992. The van der Waals surface area contributed by atoms with E-state index in [-0.39, 0.29) is 12.4 Å². The van der Waals surface area contributed by atoms with Crippen molar-refractivity contribution in [3.63, 3.8) is 0 Å². The molecule has 0 saturated carbocycles. The number of aromatic nitrogens is 1. The van der Waals surface area contributed by atoms with Gasteiger partial charge in [0.1, 0.15) is 0 Å². The second-order valence-electron chi connectivity index (χ2n) is 2.31. The van der Waals surface area contributed by atoms with Gasteiger partial charge in [-0.25, -0.2) is 0 Å². The van der Waals surface area contributed by atoms with E-state index < -0.39 is 0 Å². The van der Waals surface area contributed by atoms with E-state index in [4.69, 9.17) is 4.74 Å². The van der Waals surface area contributed by atoms with Gasteiger partial charge in [-0.05, 0) is 0 Å². The molecule has 2 rings (SSSR count). The number of halogens is 1. The molecule has 13 heavy (non-hydrogen) atoms. The summed E-state index contributed by atoms with van der Waals surface area (Å²) in [6, 6.07) is 6.08. The van der Waals surface area contributed by atoms with Gasteiger partial charge in [-0.1, -0.05) is 0 Å². The molecule has 1 aromatic carbocycles. The van der Waals surface area contributed by atoms with Gasteiger partial charge in [0.25, 0.3) is 0 Å². The number of ether oxygens (including phenoxy) is 1. The summed E-state index contributed by atoms with van der Waals surface area (Å²) in [4.78, 5) is 0. The van der Waals surface area contributed by atoms with Crippen LogP contribution in [0.5, 0.6) is 5.75 Å². The van der Waals surface area contributed by atoms with Crippen molar-refractivity contribution in [3.05, 3.63) is 18.2 Å². The number of fused-ring (bicyclic) bond motifs is 1. The summed E-state index contributed by atoms with van der Waals surface area (Å²) in [7, 11) is 1.82. The predicted molar refractivity (Wildman–Crippen MR) is 52.1 cm³/mol. The predicted octanol–water partition coefficient (Wildman–Crippen LogP) is -0.963. The van der Waals surface area contributed by atoms with Crippen LogP contribution in [0.3, 0.4) is 0 Å². The van der Waals surface area contributed by atoms with Gasteiger partial charge >= 0.3 is 79.7 Å². The molecule has 0 spiro atoms. The van der Waals surface area contributed by atoms with Gasteiger partial charge in [0.05, 0.1) is 0 Å². The average molecular weight is 281 g/mol. The summed E-state index contributed by atoms with van der Waals surface area (Å²) in [6.07, 6.45) is 0. The minimum atomic E-state index is 0. The number of benzene rings is 1. The Labute approximate surface area is 92.0 Å². The van der Waals surface area contributed by atoms with Crippen LogP contribution in [0.4, 0.5) is 0 Å². The molecule has 5 heteroatoms. The van der Waals surface area contributed by atoms with Crippen molar-refractivity contribution in [2.24, 2.45) is 0 Å².